The second kappa shape index (κ2) is 9.73. The van der Waals surface area contributed by atoms with Gasteiger partial charge in [0.05, 0.1) is 6.61 Å². The average Bonchev–Trinajstić information content (AvgIpc) is 2.63. The van der Waals surface area contributed by atoms with Crippen molar-refractivity contribution in [3.05, 3.63) is 71.8 Å². The fraction of sp³-hybridized carbons (Fsp3) is 0.333. The molecular weight excluding hydrogens is 346 g/mol. The summed E-state index contributed by atoms with van der Waals surface area (Å²) in [6.07, 6.45) is -1.39. The minimum Gasteiger partial charge on any atom is -0.442 e. The first-order valence-electron chi connectivity index (χ1n) is 8.72. The van der Waals surface area contributed by atoms with Crippen molar-refractivity contribution in [2.45, 2.75) is 45.5 Å². The number of rotatable bonds is 6. The number of nitrogens with one attached hydrogen (secondary N) is 1. The van der Waals surface area contributed by atoms with Gasteiger partial charge < -0.3 is 14.3 Å². The van der Waals surface area contributed by atoms with E-state index in [9.17, 15) is 9.59 Å². The normalized spacial score (nSPS) is 12.1. The quantitative estimate of drug-likeness (QED) is 0.782. The molecule has 0 heterocycles. The molecule has 0 aliphatic carbocycles. The zero-order chi connectivity index (χ0) is 19.7. The van der Waals surface area contributed by atoms with Crippen molar-refractivity contribution in [1.82, 2.24) is 5.48 Å². The predicted octanol–water partition coefficient (Wildman–Crippen LogP) is 3.80. The fourth-order valence-corrected chi connectivity index (χ4v) is 2.27. The maximum absolute atomic E-state index is 12.4. The van der Waals surface area contributed by atoms with Crippen molar-refractivity contribution < 1.29 is 23.9 Å². The molecule has 2 aromatic rings. The smallest absolute Gasteiger partial charge is 0.441 e. The molecule has 6 heteroatoms. The van der Waals surface area contributed by atoms with Crippen LogP contribution in [0.15, 0.2) is 60.7 Å². The van der Waals surface area contributed by atoms with Gasteiger partial charge in [-0.25, -0.2) is 9.59 Å². The summed E-state index contributed by atoms with van der Waals surface area (Å²) in [5.41, 5.74) is 3.18. The van der Waals surface area contributed by atoms with Crippen LogP contribution in [0.3, 0.4) is 0 Å². The standard InChI is InChI=1S/C21H25NO5/c1-21(2,3)26-20(24)22-27-19(23)18(14-16-10-6-4-7-11-16)25-15-17-12-8-5-9-13-17/h4-13,18H,14-15H2,1-3H3,(H,22,24). The molecule has 2 rings (SSSR count). The molecule has 0 saturated carbocycles. The Morgan fingerprint density at radius 3 is 2.04 bits per heavy atom. The van der Waals surface area contributed by atoms with Crippen LogP contribution in [-0.2, 0) is 32.1 Å². The van der Waals surface area contributed by atoms with Crippen LogP contribution in [0.2, 0.25) is 0 Å². The molecule has 0 bridgehead atoms. The van der Waals surface area contributed by atoms with Gasteiger partial charge in [-0.2, -0.15) is 0 Å². The fourth-order valence-electron chi connectivity index (χ4n) is 2.27. The molecule has 1 unspecified atom stereocenters. The molecule has 1 amide bonds. The summed E-state index contributed by atoms with van der Waals surface area (Å²) in [4.78, 5) is 29.0. The number of carbonyl (C=O) groups excluding carboxylic acids is 2. The van der Waals surface area contributed by atoms with Crippen LogP contribution in [0.25, 0.3) is 0 Å². The first-order chi connectivity index (χ1) is 12.8. The van der Waals surface area contributed by atoms with Crippen LogP contribution in [0.5, 0.6) is 0 Å². The van der Waals surface area contributed by atoms with Crippen LogP contribution in [0.4, 0.5) is 4.79 Å². The van der Waals surface area contributed by atoms with Crippen LogP contribution in [0, 0.1) is 0 Å². The monoisotopic (exact) mass is 371 g/mol. The Bertz CT molecular complexity index is 725. The molecular formula is C21H25NO5. The Kier molecular flexibility index (Phi) is 7.37. The van der Waals surface area contributed by atoms with Crippen molar-refractivity contribution in [3.63, 3.8) is 0 Å². The van der Waals surface area contributed by atoms with Crippen LogP contribution < -0.4 is 5.48 Å². The molecule has 0 aliphatic rings. The van der Waals surface area contributed by atoms with E-state index in [0.29, 0.717) is 6.42 Å². The summed E-state index contributed by atoms with van der Waals surface area (Å²) >= 11 is 0. The number of amides is 1. The Balaban J connectivity index is 1.97. The maximum Gasteiger partial charge on any atom is 0.441 e. The van der Waals surface area contributed by atoms with Gasteiger partial charge in [0.15, 0.2) is 6.10 Å². The lowest BCUT2D eigenvalue weighted by Gasteiger charge is -2.20. The van der Waals surface area contributed by atoms with E-state index >= 15 is 0 Å². The minimum atomic E-state index is -0.873. The van der Waals surface area contributed by atoms with Crippen LogP contribution >= 0.6 is 0 Å². The van der Waals surface area contributed by atoms with Crippen LogP contribution in [-0.4, -0.2) is 23.8 Å². The Hall–Kier alpha value is -2.86. The molecule has 1 atom stereocenters. The number of hydrogen-bond donors (Lipinski definition) is 1. The van der Waals surface area contributed by atoms with Gasteiger partial charge in [-0.05, 0) is 31.9 Å². The van der Waals surface area contributed by atoms with E-state index in [1.807, 2.05) is 66.1 Å². The summed E-state index contributed by atoms with van der Waals surface area (Å²) < 4.78 is 10.8. The van der Waals surface area contributed by atoms with Crippen molar-refractivity contribution in [1.29, 1.82) is 0 Å². The van der Waals surface area contributed by atoms with E-state index in [-0.39, 0.29) is 6.61 Å². The van der Waals surface area contributed by atoms with Gasteiger partial charge in [-0.3, -0.25) is 0 Å². The molecule has 1 N–H and O–H groups in total. The second-order valence-corrected chi connectivity index (χ2v) is 7.00. The molecule has 27 heavy (non-hydrogen) atoms. The van der Waals surface area contributed by atoms with E-state index in [0.717, 1.165) is 11.1 Å². The van der Waals surface area contributed by atoms with Gasteiger partial charge in [0.2, 0.25) is 0 Å². The van der Waals surface area contributed by atoms with Gasteiger partial charge in [0.25, 0.3) is 0 Å². The molecule has 144 valence electrons. The van der Waals surface area contributed by atoms with E-state index in [1.54, 1.807) is 20.8 Å². The number of carbonyl (C=O) groups is 2. The molecule has 2 aromatic carbocycles. The molecule has 0 radical (unpaired) electrons. The molecule has 6 nitrogen and oxygen atoms in total. The van der Waals surface area contributed by atoms with Crippen LogP contribution in [0.1, 0.15) is 31.9 Å². The molecule has 0 fully saturated rings. The Morgan fingerprint density at radius 1 is 0.926 bits per heavy atom. The first-order valence-corrected chi connectivity index (χ1v) is 8.72. The van der Waals surface area contributed by atoms with Gasteiger partial charge in [0.1, 0.15) is 5.60 Å². The highest BCUT2D eigenvalue weighted by atomic mass is 16.7. The zero-order valence-electron chi connectivity index (χ0n) is 15.8. The third-order valence-electron chi connectivity index (χ3n) is 3.45. The van der Waals surface area contributed by atoms with E-state index in [1.165, 1.54) is 0 Å². The second-order valence-electron chi connectivity index (χ2n) is 7.00. The van der Waals surface area contributed by atoms with Gasteiger partial charge >= 0.3 is 12.1 Å². The summed E-state index contributed by atoms with van der Waals surface area (Å²) in [7, 11) is 0. The highest BCUT2D eigenvalue weighted by Crippen LogP contribution is 2.11. The van der Waals surface area contributed by atoms with Gasteiger partial charge in [0, 0.05) is 6.42 Å². The van der Waals surface area contributed by atoms with Crippen molar-refractivity contribution in [2.75, 3.05) is 0 Å². The highest BCUT2D eigenvalue weighted by molar-refractivity contribution is 5.77. The topological polar surface area (TPSA) is 73.9 Å². The highest BCUT2D eigenvalue weighted by Gasteiger charge is 2.24. The maximum atomic E-state index is 12.4. The molecule has 0 saturated heterocycles. The molecule has 0 spiro atoms. The predicted molar refractivity (Wildman–Crippen MR) is 101 cm³/mol. The lowest BCUT2D eigenvalue weighted by molar-refractivity contribution is -0.165. The minimum absolute atomic E-state index is 0.250. The average molecular weight is 371 g/mol. The van der Waals surface area contributed by atoms with Crippen molar-refractivity contribution in [2.24, 2.45) is 0 Å². The summed E-state index contributed by atoms with van der Waals surface area (Å²) in [6.45, 7) is 5.40. The Labute approximate surface area is 159 Å². The SMILES string of the molecule is CC(C)(C)OC(=O)NOC(=O)C(Cc1ccccc1)OCc1ccccc1. The molecule has 0 aromatic heterocycles. The first kappa shape index (κ1) is 20.5. The van der Waals surface area contributed by atoms with Crippen molar-refractivity contribution >= 4 is 12.1 Å². The number of benzene rings is 2. The summed E-state index contributed by atoms with van der Waals surface area (Å²) in [5, 5.41) is 0. The number of hydroxylamine groups is 1. The van der Waals surface area contributed by atoms with Gasteiger partial charge in [-0.15, -0.1) is 5.48 Å². The summed E-state index contributed by atoms with van der Waals surface area (Å²) in [5.74, 6) is -0.694. The number of hydrogen-bond acceptors (Lipinski definition) is 5. The lowest BCUT2D eigenvalue weighted by Crippen LogP contribution is -2.38. The third kappa shape index (κ3) is 7.92. The number of ether oxygens (including phenoxy) is 2. The van der Waals surface area contributed by atoms with E-state index in [2.05, 4.69) is 0 Å². The molecule has 0 aliphatic heterocycles. The van der Waals surface area contributed by atoms with E-state index in [4.69, 9.17) is 14.3 Å². The zero-order valence-corrected chi connectivity index (χ0v) is 15.8. The third-order valence-corrected chi connectivity index (χ3v) is 3.45. The largest absolute Gasteiger partial charge is 0.442 e. The lowest BCUT2D eigenvalue weighted by atomic mass is 10.1. The summed E-state index contributed by atoms with van der Waals surface area (Å²) in [6, 6.07) is 19.0. The van der Waals surface area contributed by atoms with Gasteiger partial charge in [-0.1, -0.05) is 60.7 Å². The van der Waals surface area contributed by atoms with E-state index < -0.39 is 23.8 Å². The Morgan fingerprint density at radius 2 is 1.48 bits per heavy atom. The van der Waals surface area contributed by atoms with Crippen molar-refractivity contribution in [3.8, 4) is 0 Å².